The van der Waals surface area contributed by atoms with Gasteiger partial charge in [-0.15, -0.1) is 9.60 Å². The molecule has 1 heterocycles. The molecule has 0 aromatic carbocycles. The van der Waals surface area contributed by atoms with E-state index in [9.17, 15) is 9.28 Å². The summed E-state index contributed by atoms with van der Waals surface area (Å²) in [6.07, 6.45) is -0.665. The molecule has 1 amide bonds. The van der Waals surface area contributed by atoms with E-state index in [1.807, 2.05) is 0 Å². The van der Waals surface area contributed by atoms with Gasteiger partial charge in [-0.3, -0.25) is 0 Å². The van der Waals surface area contributed by atoms with Crippen LogP contribution in [0.5, 0.6) is 0 Å². The molecule has 10 heavy (non-hydrogen) atoms. The van der Waals surface area contributed by atoms with Crippen LogP contribution in [-0.4, -0.2) is 30.4 Å². The molecule has 0 bridgehead atoms. The topological polar surface area (TPSA) is 55.6 Å². The first-order valence-corrected chi connectivity index (χ1v) is 3.05. The number of hydrogen-bond donors (Lipinski definition) is 1. The first-order chi connectivity index (χ1) is 4.68. The molecule has 0 aromatic heterocycles. The fraction of sp³-hybridized carbons (Fsp3) is 0.800. The first kappa shape index (κ1) is 7.27. The molecule has 0 radical (unpaired) electrons. The van der Waals surface area contributed by atoms with Gasteiger partial charge < -0.3 is 10.5 Å². The second-order valence-corrected chi connectivity index (χ2v) is 2.22. The molecule has 2 N–H and O–H groups in total. The highest BCUT2D eigenvalue weighted by molar-refractivity contribution is 5.64. The number of rotatable bonds is 1. The highest BCUT2D eigenvalue weighted by Crippen LogP contribution is 2.11. The molecule has 0 aliphatic carbocycles. The van der Waals surface area contributed by atoms with Crippen molar-refractivity contribution in [3.8, 4) is 0 Å². The maximum atomic E-state index is 12.2. The monoisotopic (exact) mass is 148 g/mol. The van der Waals surface area contributed by atoms with Gasteiger partial charge >= 0.3 is 6.09 Å². The van der Waals surface area contributed by atoms with E-state index >= 15 is 0 Å². The average Bonchev–Trinajstić information content (AvgIpc) is 2.13. The fourth-order valence-electron chi connectivity index (χ4n) is 0.948. The van der Waals surface area contributed by atoms with E-state index < -0.39 is 6.09 Å². The smallest absolute Gasteiger partial charge is 0.404 e. The van der Waals surface area contributed by atoms with Gasteiger partial charge in [-0.1, -0.05) is 0 Å². The molecule has 1 fully saturated rings. The number of ether oxygens (including phenoxy) is 1. The van der Waals surface area contributed by atoms with Crippen LogP contribution >= 0.6 is 0 Å². The molecule has 0 saturated carbocycles. The Bertz CT molecular complexity index is 142. The zero-order valence-corrected chi connectivity index (χ0v) is 5.42. The van der Waals surface area contributed by atoms with Crippen LogP contribution in [0.15, 0.2) is 0 Å². The SMILES string of the molecule is NC(=O)OC1CCN(F)C1. The molecule has 1 atom stereocenters. The molecule has 1 rings (SSSR count). The maximum Gasteiger partial charge on any atom is 0.404 e. The lowest BCUT2D eigenvalue weighted by molar-refractivity contribution is 0.0342. The number of nitrogens with zero attached hydrogens (tertiary/aromatic N) is 1. The number of carbonyl (C=O) groups is 1. The Balaban J connectivity index is 2.24. The van der Waals surface area contributed by atoms with E-state index in [1.165, 1.54) is 0 Å². The Morgan fingerprint density at radius 1 is 1.80 bits per heavy atom. The average molecular weight is 148 g/mol. The second kappa shape index (κ2) is 2.83. The Labute approximate surface area is 57.7 Å². The standard InChI is InChI=1S/C5H9FN2O2/c6-8-2-1-4(3-8)10-5(7)9/h4H,1-3H2,(H2,7,9). The summed E-state index contributed by atoms with van der Waals surface area (Å²) in [4.78, 5) is 10.1. The van der Waals surface area contributed by atoms with Crippen molar-refractivity contribution < 1.29 is 14.0 Å². The molecule has 0 aromatic rings. The van der Waals surface area contributed by atoms with Crippen LogP contribution in [-0.2, 0) is 4.74 Å². The molecule has 4 nitrogen and oxygen atoms in total. The van der Waals surface area contributed by atoms with Gasteiger partial charge in [0, 0.05) is 13.0 Å². The maximum absolute atomic E-state index is 12.2. The number of primary amides is 1. The number of nitrogens with two attached hydrogens (primary N) is 1. The van der Waals surface area contributed by atoms with E-state index in [2.05, 4.69) is 4.74 Å². The zero-order valence-electron chi connectivity index (χ0n) is 5.42. The summed E-state index contributed by atoms with van der Waals surface area (Å²) in [5.41, 5.74) is 4.72. The Hall–Kier alpha value is -0.840. The van der Waals surface area contributed by atoms with Crippen molar-refractivity contribution in [2.75, 3.05) is 13.1 Å². The molecule has 1 aliphatic heterocycles. The van der Waals surface area contributed by atoms with Crippen LogP contribution in [0.3, 0.4) is 0 Å². The third-order valence-electron chi connectivity index (χ3n) is 1.38. The van der Waals surface area contributed by atoms with Crippen LogP contribution < -0.4 is 5.73 Å². The first-order valence-electron chi connectivity index (χ1n) is 3.05. The van der Waals surface area contributed by atoms with Gasteiger partial charge in [0.05, 0.1) is 6.54 Å². The predicted molar refractivity (Wildman–Crippen MR) is 31.8 cm³/mol. The van der Waals surface area contributed by atoms with Crippen LogP contribution in [0.2, 0.25) is 0 Å². The van der Waals surface area contributed by atoms with E-state index in [4.69, 9.17) is 5.73 Å². The minimum absolute atomic E-state index is 0.142. The van der Waals surface area contributed by atoms with Crippen molar-refractivity contribution in [3.63, 3.8) is 0 Å². The number of hydrogen-bond acceptors (Lipinski definition) is 3. The number of halogens is 1. The van der Waals surface area contributed by atoms with Gasteiger partial charge in [0.25, 0.3) is 0 Å². The van der Waals surface area contributed by atoms with Crippen molar-refractivity contribution in [3.05, 3.63) is 0 Å². The van der Waals surface area contributed by atoms with Crippen molar-refractivity contribution in [2.24, 2.45) is 5.73 Å². The Kier molecular flexibility index (Phi) is 2.06. The van der Waals surface area contributed by atoms with E-state index in [0.29, 0.717) is 18.1 Å². The Morgan fingerprint density at radius 2 is 2.50 bits per heavy atom. The number of carbonyl (C=O) groups excluding carboxylic acids is 1. The largest absolute Gasteiger partial charge is 0.445 e. The number of amides is 1. The van der Waals surface area contributed by atoms with E-state index in [0.717, 1.165) is 0 Å². The Morgan fingerprint density at radius 3 is 2.90 bits per heavy atom. The molecule has 1 unspecified atom stereocenters. The van der Waals surface area contributed by atoms with Crippen molar-refractivity contribution in [1.29, 1.82) is 0 Å². The molecule has 1 aliphatic rings. The highest BCUT2D eigenvalue weighted by Gasteiger charge is 2.24. The van der Waals surface area contributed by atoms with Crippen molar-refractivity contribution in [1.82, 2.24) is 5.12 Å². The van der Waals surface area contributed by atoms with Crippen LogP contribution in [0.1, 0.15) is 6.42 Å². The highest BCUT2D eigenvalue weighted by atomic mass is 19.2. The predicted octanol–water partition coefficient (Wildman–Crippen LogP) is 0.0405. The minimum atomic E-state index is -0.833. The van der Waals surface area contributed by atoms with Gasteiger partial charge in [0.1, 0.15) is 6.10 Å². The van der Waals surface area contributed by atoms with Crippen molar-refractivity contribution >= 4 is 6.09 Å². The van der Waals surface area contributed by atoms with Crippen LogP contribution in [0, 0.1) is 0 Å². The van der Waals surface area contributed by atoms with Crippen molar-refractivity contribution in [2.45, 2.75) is 12.5 Å². The minimum Gasteiger partial charge on any atom is -0.445 e. The molecule has 0 spiro atoms. The lowest BCUT2D eigenvalue weighted by atomic mass is 10.3. The van der Waals surface area contributed by atoms with Gasteiger partial charge in [0.2, 0.25) is 0 Å². The third-order valence-corrected chi connectivity index (χ3v) is 1.38. The van der Waals surface area contributed by atoms with E-state index in [-0.39, 0.29) is 12.6 Å². The normalized spacial score (nSPS) is 26.7. The molecule has 5 heteroatoms. The third kappa shape index (κ3) is 1.84. The van der Waals surface area contributed by atoms with Gasteiger partial charge in [0.15, 0.2) is 0 Å². The van der Waals surface area contributed by atoms with Gasteiger partial charge in [-0.05, 0) is 0 Å². The molecule has 1 saturated heterocycles. The van der Waals surface area contributed by atoms with E-state index in [1.54, 1.807) is 0 Å². The van der Waals surface area contributed by atoms with Gasteiger partial charge in [-0.25, -0.2) is 4.79 Å². The van der Waals surface area contributed by atoms with Crippen LogP contribution in [0.4, 0.5) is 9.28 Å². The lowest BCUT2D eigenvalue weighted by Crippen LogP contribution is -2.24. The molecular weight excluding hydrogens is 139 g/mol. The second-order valence-electron chi connectivity index (χ2n) is 2.22. The summed E-state index contributed by atoms with van der Waals surface area (Å²) in [6.45, 7) is 0.459. The summed E-state index contributed by atoms with van der Waals surface area (Å²) >= 11 is 0. The quantitative estimate of drug-likeness (QED) is 0.534. The lowest BCUT2D eigenvalue weighted by Gasteiger charge is -2.06. The summed E-state index contributed by atoms with van der Waals surface area (Å²) in [6, 6.07) is 0. The zero-order chi connectivity index (χ0) is 7.56. The summed E-state index contributed by atoms with van der Waals surface area (Å²) in [5, 5.41) is 0.605. The van der Waals surface area contributed by atoms with Crippen LogP contribution in [0.25, 0.3) is 0 Å². The molecular formula is C5H9FN2O2. The fourth-order valence-corrected chi connectivity index (χ4v) is 0.948. The summed E-state index contributed by atoms with van der Waals surface area (Å²) in [7, 11) is 0. The molecule has 58 valence electrons. The van der Waals surface area contributed by atoms with Gasteiger partial charge in [-0.2, -0.15) is 0 Å². The summed E-state index contributed by atoms with van der Waals surface area (Å²) < 4.78 is 16.8. The summed E-state index contributed by atoms with van der Waals surface area (Å²) in [5.74, 6) is 0.